The Hall–Kier alpha value is -0.980. The first-order valence-electron chi connectivity index (χ1n) is 5.80. The molecule has 0 heterocycles. The summed E-state index contributed by atoms with van der Waals surface area (Å²) in [5, 5.41) is 8.90. The van der Waals surface area contributed by atoms with E-state index < -0.39 is 15.8 Å². The second-order valence-electron chi connectivity index (χ2n) is 4.06. The number of halogens is 1. The predicted molar refractivity (Wildman–Crippen MR) is 67.3 cm³/mol. The maximum Gasteiger partial charge on any atom is 0.246 e. The normalized spacial score (nSPS) is 12.1. The third-order valence-corrected chi connectivity index (χ3v) is 4.44. The van der Waals surface area contributed by atoms with Crippen molar-refractivity contribution in [2.75, 3.05) is 19.7 Å². The third kappa shape index (κ3) is 3.28. The fourth-order valence-corrected chi connectivity index (χ4v) is 3.33. The Balaban J connectivity index is 3.21. The molecular weight excluding hydrogens is 257 g/mol. The van der Waals surface area contributed by atoms with Crippen molar-refractivity contribution in [2.24, 2.45) is 0 Å². The number of rotatable bonds is 6. The molecule has 1 rings (SSSR count). The smallest absolute Gasteiger partial charge is 0.246 e. The molecule has 1 N–H and O–H groups in total. The number of sulfonamides is 1. The lowest BCUT2D eigenvalue weighted by Gasteiger charge is -2.21. The van der Waals surface area contributed by atoms with Gasteiger partial charge in [0.25, 0.3) is 0 Å². The minimum Gasteiger partial charge on any atom is -0.395 e. The van der Waals surface area contributed by atoms with Crippen molar-refractivity contribution in [3.8, 4) is 0 Å². The van der Waals surface area contributed by atoms with E-state index >= 15 is 0 Å². The average molecular weight is 275 g/mol. The van der Waals surface area contributed by atoms with Gasteiger partial charge in [0.2, 0.25) is 10.0 Å². The van der Waals surface area contributed by atoms with E-state index in [1.807, 2.05) is 6.92 Å². The molecule has 1 aromatic rings. The van der Waals surface area contributed by atoms with Crippen molar-refractivity contribution in [1.29, 1.82) is 0 Å². The molecule has 0 saturated carbocycles. The summed E-state index contributed by atoms with van der Waals surface area (Å²) in [6, 6.07) is 3.97. The standard InChI is InChI=1S/C12H18FNO3S/c1-3-6-14(7-8-15)18(16,17)12-9-10(2)4-5-11(12)13/h4-5,9,15H,3,6-8H2,1-2H3. The summed E-state index contributed by atoms with van der Waals surface area (Å²) in [5.41, 5.74) is 0.676. The Morgan fingerprint density at radius 2 is 2.00 bits per heavy atom. The van der Waals surface area contributed by atoms with Gasteiger partial charge in [-0.2, -0.15) is 4.31 Å². The van der Waals surface area contributed by atoms with Gasteiger partial charge < -0.3 is 5.11 Å². The van der Waals surface area contributed by atoms with Gasteiger partial charge in [0.1, 0.15) is 10.7 Å². The Morgan fingerprint density at radius 1 is 1.33 bits per heavy atom. The van der Waals surface area contributed by atoms with Crippen LogP contribution in [0.1, 0.15) is 18.9 Å². The molecule has 0 aromatic heterocycles. The van der Waals surface area contributed by atoms with Crippen LogP contribution in [0.3, 0.4) is 0 Å². The quantitative estimate of drug-likeness (QED) is 0.856. The second kappa shape index (κ2) is 6.26. The summed E-state index contributed by atoms with van der Waals surface area (Å²) in [7, 11) is -3.88. The van der Waals surface area contributed by atoms with E-state index in [-0.39, 0.29) is 24.6 Å². The molecule has 4 nitrogen and oxygen atoms in total. The van der Waals surface area contributed by atoms with Gasteiger partial charge in [-0.15, -0.1) is 0 Å². The highest BCUT2D eigenvalue weighted by Gasteiger charge is 2.26. The summed E-state index contributed by atoms with van der Waals surface area (Å²) >= 11 is 0. The fourth-order valence-electron chi connectivity index (χ4n) is 1.66. The molecular formula is C12H18FNO3S. The molecule has 0 atom stereocenters. The highest BCUT2D eigenvalue weighted by Crippen LogP contribution is 2.20. The maximum atomic E-state index is 13.6. The zero-order valence-corrected chi connectivity index (χ0v) is 11.4. The molecule has 0 saturated heterocycles. The lowest BCUT2D eigenvalue weighted by Crippen LogP contribution is -2.34. The van der Waals surface area contributed by atoms with E-state index in [1.54, 1.807) is 6.92 Å². The van der Waals surface area contributed by atoms with Crippen molar-refractivity contribution < 1.29 is 17.9 Å². The minimum absolute atomic E-state index is 0.0243. The Bertz CT molecular complexity index is 496. The summed E-state index contributed by atoms with van der Waals surface area (Å²) in [6.45, 7) is 3.48. The predicted octanol–water partition coefficient (Wildman–Crippen LogP) is 1.53. The van der Waals surface area contributed by atoms with Crippen LogP contribution >= 0.6 is 0 Å². The zero-order chi connectivity index (χ0) is 13.8. The number of hydrogen-bond donors (Lipinski definition) is 1. The fraction of sp³-hybridized carbons (Fsp3) is 0.500. The molecule has 1 aromatic carbocycles. The highest BCUT2D eigenvalue weighted by atomic mass is 32.2. The van der Waals surface area contributed by atoms with Crippen molar-refractivity contribution in [3.63, 3.8) is 0 Å². The van der Waals surface area contributed by atoms with E-state index in [0.717, 1.165) is 10.4 Å². The lowest BCUT2D eigenvalue weighted by atomic mass is 10.2. The van der Waals surface area contributed by atoms with Crippen LogP contribution in [-0.4, -0.2) is 37.5 Å². The van der Waals surface area contributed by atoms with Gasteiger partial charge in [0.05, 0.1) is 6.61 Å². The molecule has 102 valence electrons. The van der Waals surface area contributed by atoms with Gasteiger partial charge in [0.15, 0.2) is 0 Å². The number of aliphatic hydroxyl groups excluding tert-OH is 1. The molecule has 0 spiro atoms. The van der Waals surface area contributed by atoms with E-state index in [4.69, 9.17) is 5.11 Å². The first kappa shape index (κ1) is 15.1. The largest absolute Gasteiger partial charge is 0.395 e. The van der Waals surface area contributed by atoms with Crippen LogP contribution in [0.5, 0.6) is 0 Å². The first-order valence-corrected chi connectivity index (χ1v) is 7.24. The SMILES string of the molecule is CCCN(CCO)S(=O)(=O)c1cc(C)ccc1F. The van der Waals surface area contributed by atoms with Gasteiger partial charge in [-0.05, 0) is 31.0 Å². The molecule has 0 aliphatic heterocycles. The topological polar surface area (TPSA) is 57.6 Å². The average Bonchev–Trinajstić information content (AvgIpc) is 2.32. The summed E-state index contributed by atoms with van der Waals surface area (Å²) in [6.07, 6.45) is 0.604. The zero-order valence-electron chi connectivity index (χ0n) is 10.6. The van der Waals surface area contributed by atoms with Gasteiger partial charge in [-0.25, -0.2) is 12.8 Å². The highest BCUT2D eigenvalue weighted by molar-refractivity contribution is 7.89. The maximum absolute atomic E-state index is 13.6. The summed E-state index contributed by atoms with van der Waals surface area (Å²) < 4.78 is 39.3. The minimum atomic E-state index is -3.88. The van der Waals surface area contributed by atoms with Gasteiger partial charge >= 0.3 is 0 Å². The van der Waals surface area contributed by atoms with E-state index in [2.05, 4.69) is 0 Å². The molecule has 6 heteroatoms. The molecule has 0 amide bonds. The Morgan fingerprint density at radius 3 is 2.56 bits per heavy atom. The van der Waals surface area contributed by atoms with Crippen molar-refractivity contribution in [3.05, 3.63) is 29.6 Å². The van der Waals surface area contributed by atoms with Crippen LogP contribution in [0.2, 0.25) is 0 Å². The Kier molecular flexibility index (Phi) is 5.25. The Labute approximate surface area is 107 Å². The molecule has 0 aliphatic rings. The van der Waals surface area contributed by atoms with Crippen LogP contribution < -0.4 is 0 Å². The van der Waals surface area contributed by atoms with E-state index in [0.29, 0.717) is 12.0 Å². The number of aliphatic hydroxyl groups is 1. The van der Waals surface area contributed by atoms with Gasteiger partial charge in [0, 0.05) is 13.1 Å². The van der Waals surface area contributed by atoms with Crippen LogP contribution in [0.25, 0.3) is 0 Å². The van der Waals surface area contributed by atoms with Crippen LogP contribution in [0.15, 0.2) is 23.1 Å². The van der Waals surface area contributed by atoms with Crippen molar-refractivity contribution >= 4 is 10.0 Å². The van der Waals surface area contributed by atoms with Crippen molar-refractivity contribution in [1.82, 2.24) is 4.31 Å². The lowest BCUT2D eigenvalue weighted by molar-refractivity contribution is 0.253. The monoisotopic (exact) mass is 275 g/mol. The third-order valence-electron chi connectivity index (χ3n) is 2.53. The molecule has 0 fully saturated rings. The first-order chi connectivity index (χ1) is 8.43. The van der Waals surface area contributed by atoms with E-state index in [1.165, 1.54) is 12.1 Å². The number of hydrogen-bond acceptors (Lipinski definition) is 3. The van der Waals surface area contributed by atoms with Gasteiger partial charge in [-0.3, -0.25) is 0 Å². The van der Waals surface area contributed by atoms with Crippen LogP contribution in [-0.2, 0) is 10.0 Å². The van der Waals surface area contributed by atoms with Crippen LogP contribution in [0, 0.1) is 12.7 Å². The number of nitrogens with zero attached hydrogens (tertiary/aromatic N) is 1. The molecule has 0 radical (unpaired) electrons. The molecule has 0 unspecified atom stereocenters. The summed E-state index contributed by atoms with van der Waals surface area (Å²) in [5.74, 6) is -0.764. The van der Waals surface area contributed by atoms with Crippen molar-refractivity contribution in [2.45, 2.75) is 25.2 Å². The van der Waals surface area contributed by atoms with Crippen LogP contribution in [0.4, 0.5) is 4.39 Å². The van der Waals surface area contributed by atoms with Gasteiger partial charge in [-0.1, -0.05) is 13.0 Å². The molecule has 0 bridgehead atoms. The molecule has 0 aliphatic carbocycles. The molecule has 18 heavy (non-hydrogen) atoms. The number of aryl methyl sites for hydroxylation is 1. The summed E-state index contributed by atoms with van der Waals surface area (Å²) in [4.78, 5) is -0.329. The second-order valence-corrected chi connectivity index (χ2v) is 5.97. The number of benzene rings is 1. The van der Waals surface area contributed by atoms with E-state index in [9.17, 15) is 12.8 Å².